The average Bonchev–Trinajstić information content (AvgIpc) is 2.59. The fourth-order valence-electron chi connectivity index (χ4n) is 1.53. The van der Waals surface area contributed by atoms with Crippen molar-refractivity contribution >= 4 is 26.8 Å². The van der Waals surface area contributed by atoms with Gasteiger partial charge in [-0.15, -0.1) is 0 Å². The molecule has 0 amide bonds. The molecule has 0 bridgehead atoms. The summed E-state index contributed by atoms with van der Waals surface area (Å²) in [7, 11) is 0. The first-order chi connectivity index (χ1) is 6.72. The summed E-state index contributed by atoms with van der Waals surface area (Å²) >= 11 is 3.42. The topological polar surface area (TPSA) is 28.7 Å². The fraction of sp³-hybridized carbons (Fsp3) is 0.182. The number of aromatic nitrogens is 1. The van der Waals surface area contributed by atoms with Gasteiger partial charge >= 0.3 is 0 Å². The van der Waals surface area contributed by atoms with Gasteiger partial charge in [0.2, 0.25) is 0 Å². The van der Waals surface area contributed by atoms with E-state index in [1.807, 2.05) is 35.9 Å². The first kappa shape index (κ1) is 9.29. The van der Waals surface area contributed by atoms with Crippen LogP contribution in [0.15, 0.2) is 34.9 Å². The van der Waals surface area contributed by atoms with Crippen molar-refractivity contribution in [2.24, 2.45) is 0 Å². The van der Waals surface area contributed by atoms with Gasteiger partial charge in [0.15, 0.2) is 0 Å². The normalized spacial score (nSPS) is 12.6. The lowest BCUT2D eigenvalue weighted by Gasteiger charge is -2.06. The second kappa shape index (κ2) is 3.47. The molecular formula is C11H9BrN2. The fourth-order valence-corrected chi connectivity index (χ4v) is 1.91. The van der Waals surface area contributed by atoms with Crippen LogP contribution in [0.1, 0.15) is 13.0 Å². The molecule has 0 fully saturated rings. The van der Waals surface area contributed by atoms with Crippen LogP contribution >= 0.6 is 15.9 Å². The van der Waals surface area contributed by atoms with Crippen molar-refractivity contribution in [3.8, 4) is 6.07 Å². The van der Waals surface area contributed by atoms with E-state index in [0.29, 0.717) is 0 Å². The molecule has 1 atom stereocenters. The Kier molecular flexibility index (Phi) is 2.30. The Labute approximate surface area is 90.9 Å². The maximum atomic E-state index is 8.84. The van der Waals surface area contributed by atoms with Crippen molar-refractivity contribution < 1.29 is 0 Å². The Morgan fingerprint density at radius 1 is 1.43 bits per heavy atom. The van der Waals surface area contributed by atoms with Crippen LogP contribution in [-0.4, -0.2) is 4.57 Å². The Morgan fingerprint density at radius 2 is 2.21 bits per heavy atom. The van der Waals surface area contributed by atoms with Crippen molar-refractivity contribution in [3.05, 3.63) is 34.9 Å². The third-order valence-electron chi connectivity index (χ3n) is 2.29. The Bertz CT molecular complexity index is 507. The molecule has 1 unspecified atom stereocenters. The van der Waals surface area contributed by atoms with Gasteiger partial charge in [0.05, 0.1) is 6.07 Å². The summed E-state index contributed by atoms with van der Waals surface area (Å²) in [5, 5.41) is 9.99. The lowest BCUT2D eigenvalue weighted by Crippen LogP contribution is -1.99. The molecule has 0 saturated heterocycles. The van der Waals surface area contributed by atoms with Gasteiger partial charge < -0.3 is 4.57 Å². The lowest BCUT2D eigenvalue weighted by atomic mass is 10.2. The molecule has 70 valence electrons. The maximum absolute atomic E-state index is 8.84. The molecule has 0 aliphatic heterocycles. The first-order valence-corrected chi connectivity index (χ1v) is 5.17. The number of fused-ring (bicyclic) bond motifs is 1. The second-order valence-corrected chi connectivity index (χ2v) is 4.15. The predicted octanol–water partition coefficient (Wildman–Crippen LogP) is 3.49. The summed E-state index contributed by atoms with van der Waals surface area (Å²) in [6, 6.07) is 10.2. The molecule has 2 aromatic rings. The van der Waals surface area contributed by atoms with E-state index in [4.69, 9.17) is 5.26 Å². The van der Waals surface area contributed by atoms with E-state index >= 15 is 0 Å². The molecule has 14 heavy (non-hydrogen) atoms. The largest absolute Gasteiger partial charge is 0.331 e. The van der Waals surface area contributed by atoms with Gasteiger partial charge in [0, 0.05) is 21.6 Å². The summed E-state index contributed by atoms with van der Waals surface area (Å²) in [5.41, 5.74) is 1.10. The van der Waals surface area contributed by atoms with Gasteiger partial charge in [-0.1, -0.05) is 15.9 Å². The molecule has 3 heteroatoms. The molecule has 0 radical (unpaired) electrons. The second-order valence-electron chi connectivity index (χ2n) is 3.23. The summed E-state index contributed by atoms with van der Waals surface area (Å²) < 4.78 is 3.04. The molecule has 0 spiro atoms. The highest BCUT2D eigenvalue weighted by Crippen LogP contribution is 2.23. The maximum Gasteiger partial charge on any atom is 0.118 e. The molecule has 1 aromatic carbocycles. The molecule has 2 nitrogen and oxygen atoms in total. The Balaban J connectivity index is 2.65. The Morgan fingerprint density at radius 3 is 2.93 bits per heavy atom. The van der Waals surface area contributed by atoms with Gasteiger partial charge in [-0.05, 0) is 31.2 Å². The SMILES string of the molecule is CC(C#N)n1ccc2cc(Br)ccc21. The number of benzene rings is 1. The monoisotopic (exact) mass is 248 g/mol. The van der Waals surface area contributed by atoms with E-state index in [1.165, 1.54) is 0 Å². The summed E-state index contributed by atoms with van der Waals surface area (Å²) in [6.07, 6.45) is 1.95. The van der Waals surface area contributed by atoms with Gasteiger partial charge in [-0.3, -0.25) is 0 Å². The minimum absolute atomic E-state index is 0.117. The van der Waals surface area contributed by atoms with Gasteiger partial charge in [-0.25, -0.2) is 0 Å². The van der Waals surface area contributed by atoms with Crippen LogP contribution in [0.25, 0.3) is 10.9 Å². The van der Waals surface area contributed by atoms with Crippen LogP contribution in [0.5, 0.6) is 0 Å². The minimum Gasteiger partial charge on any atom is -0.331 e. The van der Waals surface area contributed by atoms with Crippen LogP contribution in [0.4, 0.5) is 0 Å². The molecule has 0 aliphatic carbocycles. The van der Waals surface area contributed by atoms with E-state index in [-0.39, 0.29) is 6.04 Å². The standard InChI is InChI=1S/C11H9BrN2/c1-8(7-13)14-5-4-9-6-10(12)2-3-11(9)14/h2-6,8H,1H3. The van der Waals surface area contributed by atoms with Gasteiger partial charge in [0.1, 0.15) is 6.04 Å². The zero-order valence-electron chi connectivity index (χ0n) is 7.74. The van der Waals surface area contributed by atoms with E-state index in [9.17, 15) is 0 Å². The van der Waals surface area contributed by atoms with Crippen molar-refractivity contribution in [2.75, 3.05) is 0 Å². The highest BCUT2D eigenvalue weighted by atomic mass is 79.9. The third-order valence-corrected chi connectivity index (χ3v) is 2.78. The molecule has 0 saturated carbocycles. The zero-order valence-corrected chi connectivity index (χ0v) is 9.32. The van der Waals surface area contributed by atoms with Crippen molar-refractivity contribution in [3.63, 3.8) is 0 Å². The number of rotatable bonds is 1. The first-order valence-electron chi connectivity index (χ1n) is 4.38. The number of hydrogen-bond donors (Lipinski definition) is 0. The van der Waals surface area contributed by atoms with E-state index in [1.54, 1.807) is 0 Å². The van der Waals surface area contributed by atoms with Crippen LogP contribution in [-0.2, 0) is 0 Å². The molecule has 0 aliphatic rings. The molecule has 2 rings (SSSR count). The highest BCUT2D eigenvalue weighted by molar-refractivity contribution is 9.10. The van der Waals surface area contributed by atoms with E-state index in [2.05, 4.69) is 28.1 Å². The van der Waals surface area contributed by atoms with E-state index < -0.39 is 0 Å². The van der Waals surface area contributed by atoms with Crippen LogP contribution < -0.4 is 0 Å². The van der Waals surface area contributed by atoms with Gasteiger partial charge in [0.25, 0.3) is 0 Å². The Hall–Kier alpha value is -1.27. The summed E-state index contributed by atoms with van der Waals surface area (Å²) in [5.74, 6) is 0. The van der Waals surface area contributed by atoms with Crippen LogP contribution in [0, 0.1) is 11.3 Å². The molecule has 1 aromatic heterocycles. The summed E-state index contributed by atoms with van der Waals surface area (Å²) in [4.78, 5) is 0. The minimum atomic E-state index is -0.117. The quantitative estimate of drug-likeness (QED) is 0.760. The van der Waals surface area contributed by atoms with Gasteiger partial charge in [-0.2, -0.15) is 5.26 Å². The molecule has 0 N–H and O–H groups in total. The highest BCUT2D eigenvalue weighted by Gasteiger charge is 2.06. The zero-order chi connectivity index (χ0) is 10.1. The van der Waals surface area contributed by atoms with Crippen molar-refractivity contribution in [2.45, 2.75) is 13.0 Å². The smallest absolute Gasteiger partial charge is 0.118 e. The molecule has 1 heterocycles. The number of nitriles is 1. The van der Waals surface area contributed by atoms with Crippen LogP contribution in [0.3, 0.4) is 0 Å². The van der Waals surface area contributed by atoms with Crippen molar-refractivity contribution in [1.82, 2.24) is 4.57 Å². The number of nitrogens with zero attached hydrogens (tertiary/aromatic N) is 2. The molecular weight excluding hydrogens is 240 g/mol. The van der Waals surface area contributed by atoms with E-state index in [0.717, 1.165) is 15.4 Å². The van der Waals surface area contributed by atoms with Crippen LogP contribution in [0.2, 0.25) is 0 Å². The third kappa shape index (κ3) is 1.42. The average molecular weight is 249 g/mol. The number of halogens is 1. The number of hydrogen-bond acceptors (Lipinski definition) is 1. The van der Waals surface area contributed by atoms with Crippen molar-refractivity contribution in [1.29, 1.82) is 5.26 Å². The predicted molar refractivity (Wildman–Crippen MR) is 60.0 cm³/mol. The summed E-state index contributed by atoms with van der Waals surface area (Å²) in [6.45, 7) is 1.89. The lowest BCUT2D eigenvalue weighted by molar-refractivity contribution is 0.701.